The third-order valence-electron chi connectivity index (χ3n) is 1.93. The van der Waals surface area contributed by atoms with Crippen LogP contribution in [0, 0.1) is 0 Å². The standard InChI is InChI=1S/C10H10.Cl3OP/c1-2-6-10-8-4-3-7-9(10)5-1;1-5(2,3)4/h1-3,5-7H,4,8H2;. The fourth-order valence-electron chi connectivity index (χ4n) is 1.37. The summed E-state index contributed by atoms with van der Waals surface area (Å²) in [6.45, 7) is 0. The maximum atomic E-state index is 9.51. The number of halogens is 3. The summed E-state index contributed by atoms with van der Waals surface area (Å²) in [4.78, 5) is 0. The zero-order valence-corrected chi connectivity index (χ0v) is 11.0. The Balaban J connectivity index is 0.000000195. The number of allylic oxidation sites excluding steroid dienone is 1. The van der Waals surface area contributed by atoms with Gasteiger partial charge in [-0.15, -0.1) is 0 Å². The largest absolute Gasteiger partial charge is 0.339 e. The molecule has 0 N–H and O–H groups in total. The third kappa shape index (κ3) is 6.27. The summed E-state index contributed by atoms with van der Waals surface area (Å²) in [7, 11) is 0. The first kappa shape index (κ1) is 13.1. The van der Waals surface area contributed by atoms with Gasteiger partial charge in [-0.05, 0) is 57.7 Å². The van der Waals surface area contributed by atoms with Crippen molar-refractivity contribution in [3.8, 4) is 0 Å². The Morgan fingerprint density at radius 3 is 2.33 bits per heavy atom. The number of hydrogen-bond acceptors (Lipinski definition) is 1. The molecule has 0 saturated carbocycles. The highest BCUT2D eigenvalue weighted by atomic mass is 36.0. The molecule has 82 valence electrons. The lowest BCUT2D eigenvalue weighted by molar-refractivity contribution is 0.600. The quantitative estimate of drug-likeness (QED) is 0.578. The lowest BCUT2D eigenvalue weighted by atomic mass is 9.98. The average Bonchev–Trinajstić information content (AvgIpc) is 2.16. The van der Waals surface area contributed by atoms with E-state index in [-0.39, 0.29) is 0 Å². The van der Waals surface area contributed by atoms with Crippen LogP contribution in [0.5, 0.6) is 0 Å². The minimum Gasteiger partial charge on any atom is -0.271 e. The second-order valence-electron chi connectivity index (χ2n) is 3.04. The summed E-state index contributed by atoms with van der Waals surface area (Å²) >= 11 is 13.8. The van der Waals surface area contributed by atoms with Crippen LogP contribution in [0.1, 0.15) is 17.5 Å². The Kier molecular flexibility index (Phi) is 5.22. The fraction of sp³-hybridized carbons (Fsp3) is 0.200. The molecule has 0 amide bonds. The molecule has 5 heteroatoms. The molecule has 0 aromatic heterocycles. The van der Waals surface area contributed by atoms with Gasteiger partial charge in [0.2, 0.25) is 0 Å². The topological polar surface area (TPSA) is 17.1 Å². The normalized spacial score (nSPS) is 13.8. The van der Waals surface area contributed by atoms with Gasteiger partial charge in [-0.1, -0.05) is 36.4 Å². The van der Waals surface area contributed by atoms with Gasteiger partial charge in [-0.25, -0.2) is 0 Å². The van der Waals surface area contributed by atoms with Crippen LogP contribution < -0.4 is 0 Å². The summed E-state index contributed by atoms with van der Waals surface area (Å²) in [5.74, 6) is 0. The van der Waals surface area contributed by atoms with Gasteiger partial charge >= 0.3 is 5.20 Å². The molecule has 0 saturated heterocycles. The van der Waals surface area contributed by atoms with Crippen LogP contribution >= 0.6 is 38.9 Å². The van der Waals surface area contributed by atoms with Gasteiger partial charge in [-0.2, -0.15) is 0 Å². The second kappa shape index (κ2) is 5.96. The number of hydrogen-bond donors (Lipinski definition) is 0. The second-order valence-corrected chi connectivity index (χ2v) is 9.68. The molecule has 1 nitrogen and oxygen atoms in total. The number of aryl methyl sites for hydroxylation is 1. The van der Waals surface area contributed by atoms with E-state index in [1.54, 1.807) is 0 Å². The molecule has 15 heavy (non-hydrogen) atoms. The van der Waals surface area contributed by atoms with E-state index >= 15 is 0 Å². The van der Waals surface area contributed by atoms with Gasteiger partial charge in [0.1, 0.15) is 0 Å². The van der Waals surface area contributed by atoms with E-state index in [2.05, 4.69) is 70.1 Å². The molecule has 0 fully saturated rings. The molecule has 0 atom stereocenters. The molecule has 0 spiro atoms. The van der Waals surface area contributed by atoms with Crippen LogP contribution in [0.2, 0.25) is 0 Å². The number of rotatable bonds is 0. The maximum Gasteiger partial charge on any atom is 0.339 e. The van der Waals surface area contributed by atoms with Crippen molar-refractivity contribution in [3.05, 3.63) is 41.5 Å². The van der Waals surface area contributed by atoms with Crippen molar-refractivity contribution in [3.63, 3.8) is 0 Å². The maximum absolute atomic E-state index is 9.51. The highest BCUT2D eigenvalue weighted by molar-refractivity contribution is 8.24. The van der Waals surface area contributed by atoms with Gasteiger partial charge in [0.05, 0.1) is 0 Å². The monoisotopic (exact) mass is 282 g/mol. The van der Waals surface area contributed by atoms with Gasteiger partial charge < -0.3 is 0 Å². The molecular formula is C10H10Cl3OP. The van der Waals surface area contributed by atoms with E-state index in [9.17, 15) is 4.57 Å². The van der Waals surface area contributed by atoms with Crippen molar-refractivity contribution in [2.24, 2.45) is 0 Å². The van der Waals surface area contributed by atoms with E-state index < -0.39 is 5.20 Å². The van der Waals surface area contributed by atoms with E-state index in [1.165, 1.54) is 24.0 Å². The first-order valence-electron chi connectivity index (χ1n) is 4.40. The molecule has 1 aliphatic rings. The Labute approximate surface area is 104 Å². The highest BCUT2D eigenvalue weighted by Crippen LogP contribution is 2.61. The zero-order valence-electron chi connectivity index (χ0n) is 7.87. The summed E-state index contributed by atoms with van der Waals surface area (Å²) < 4.78 is 9.51. The van der Waals surface area contributed by atoms with Crippen molar-refractivity contribution in [2.75, 3.05) is 0 Å². The average molecular weight is 284 g/mol. The Hall–Kier alpha value is 0.0600. The lowest BCUT2D eigenvalue weighted by Crippen LogP contribution is -1.91. The Morgan fingerprint density at radius 2 is 1.73 bits per heavy atom. The van der Waals surface area contributed by atoms with Crippen molar-refractivity contribution < 1.29 is 4.57 Å². The smallest absolute Gasteiger partial charge is 0.271 e. The van der Waals surface area contributed by atoms with Gasteiger partial charge in [0, 0.05) is 0 Å². The van der Waals surface area contributed by atoms with E-state index in [4.69, 9.17) is 0 Å². The van der Waals surface area contributed by atoms with E-state index in [0.717, 1.165) is 0 Å². The first-order chi connectivity index (χ1) is 6.97. The van der Waals surface area contributed by atoms with Crippen molar-refractivity contribution in [2.45, 2.75) is 12.8 Å². The molecule has 1 aromatic rings. The lowest BCUT2D eigenvalue weighted by Gasteiger charge is -2.07. The zero-order chi connectivity index (χ0) is 11.3. The predicted octanol–water partition coefficient (Wildman–Crippen LogP) is 5.46. The SMILES string of the molecule is C1=Cc2ccccc2CC1.O=P(Cl)(Cl)Cl. The first-order valence-corrected chi connectivity index (χ1v) is 8.82. The molecule has 0 aliphatic heterocycles. The molecule has 0 heterocycles. The van der Waals surface area contributed by atoms with Gasteiger partial charge in [0.25, 0.3) is 0 Å². The number of benzene rings is 1. The van der Waals surface area contributed by atoms with Crippen LogP contribution in [0.4, 0.5) is 0 Å². The van der Waals surface area contributed by atoms with E-state index in [0.29, 0.717) is 0 Å². The van der Waals surface area contributed by atoms with Crippen LogP contribution in [-0.4, -0.2) is 0 Å². The molecule has 1 aliphatic carbocycles. The minimum absolute atomic E-state index is 1.21. The molecular weight excluding hydrogens is 273 g/mol. The summed E-state index contributed by atoms with van der Waals surface area (Å²) in [6, 6.07) is 8.58. The Bertz CT molecular complexity index is 389. The van der Waals surface area contributed by atoms with E-state index in [1.807, 2.05) is 0 Å². The van der Waals surface area contributed by atoms with Crippen LogP contribution in [0.25, 0.3) is 6.08 Å². The van der Waals surface area contributed by atoms with Gasteiger partial charge in [-0.3, -0.25) is 4.57 Å². The van der Waals surface area contributed by atoms with Crippen molar-refractivity contribution in [1.29, 1.82) is 0 Å². The third-order valence-corrected chi connectivity index (χ3v) is 1.93. The molecule has 2 rings (SSSR count). The van der Waals surface area contributed by atoms with Crippen LogP contribution in [0.15, 0.2) is 30.3 Å². The van der Waals surface area contributed by atoms with Gasteiger partial charge in [0.15, 0.2) is 0 Å². The molecule has 0 radical (unpaired) electrons. The summed E-state index contributed by atoms with van der Waals surface area (Å²) in [5.41, 5.74) is 2.89. The molecule has 1 aromatic carbocycles. The van der Waals surface area contributed by atoms with Crippen molar-refractivity contribution in [1.82, 2.24) is 0 Å². The fourth-order valence-corrected chi connectivity index (χ4v) is 1.37. The predicted molar refractivity (Wildman–Crippen MR) is 69.0 cm³/mol. The molecule has 0 bridgehead atoms. The number of fused-ring (bicyclic) bond motifs is 1. The highest BCUT2D eigenvalue weighted by Gasteiger charge is 2.03. The van der Waals surface area contributed by atoms with Crippen molar-refractivity contribution >= 4 is 45.0 Å². The van der Waals surface area contributed by atoms with Crippen LogP contribution in [-0.2, 0) is 11.0 Å². The summed E-state index contributed by atoms with van der Waals surface area (Å²) in [5, 5.41) is -3.22. The Morgan fingerprint density at radius 1 is 1.13 bits per heavy atom. The minimum atomic E-state index is -3.22. The molecule has 0 unspecified atom stereocenters. The summed E-state index contributed by atoms with van der Waals surface area (Å²) in [6.07, 6.45) is 6.87. The van der Waals surface area contributed by atoms with Crippen LogP contribution in [0.3, 0.4) is 0 Å².